The minimum absolute atomic E-state index is 0.0703. The highest BCUT2D eigenvalue weighted by Gasteiger charge is 2.36. The zero-order valence-electron chi connectivity index (χ0n) is 14.1. The van der Waals surface area contributed by atoms with Gasteiger partial charge in [-0.3, -0.25) is 9.59 Å². The van der Waals surface area contributed by atoms with Gasteiger partial charge in [0.15, 0.2) is 9.84 Å². The molecule has 2 amide bonds. The number of benzene rings is 1. The van der Waals surface area contributed by atoms with E-state index in [-0.39, 0.29) is 23.3 Å². The molecule has 0 bridgehead atoms. The molecule has 2 aliphatic rings. The molecular weight excluding hydrogens is 347 g/mol. The van der Waals surface area contributed by atoms with Crippen LogP contribution in [0.2, 0.25) is 0 Å². The van der Waals surface area contributed by atoms with E-state index < -0.39 is 21.6 Å². The lowest BCUT2D eigenvalue weighted by atomic mass is 10.1. The first-order chi connectivity index (χ1) is 11.8. The first kappa shape index (κ1) is 17.8. The molecule has 6 nitrogen and oxygen atoms in total. The van der Waals surface area contributed by atoms with E-state index in [9.17, 15) is 22.4 Å². The summed E-state index contributed by atoms with van der Waals surface area (Å²) in [7, 11) is -3.09. The molecule has 8 heteroatoms. The Hall–Kier alpha value is -1.96. The fourth-order valence-corrected chi connectivity index (χ4v) is 5.02. The van der Waals surface area contributed by atoms with Crippen LogP contribution in [-0.2, 0) is 14.6 Å². The largest absolute Gasteiger partial charge is 0.339 e. The van der Waals surface area contributed by atoms with Crippen molar-refractivity contribution in [3.05, 3.63) is 35.1 Å². The van der Waals surface area contributed by atoms with Crippen molar-refractivity contribution < 1.29 is 22.4 Å². The van der Waals surface area contributed by atoms with E-state index in [2.05, 4.69) is 0 Å². The van der Waals surface area contributed by atoms with Crippen molar-refractivity contribution >= 4 is 21.7 Å². The second kappa shape index (κ2) is 6.74. The number of aryl methyl sites for hydroxylation is 1. The summed E-state index contributed by atoms with van der Waals surface area (Å²) < 4.78 is 36.7. The Morgan fingerprint density at radius 3 is 2.32 bits per heavy atom. The van der Waals surface area contributed by atoms with E-state index in [0.29, 0.717) is 43.7 Å². The molecule has 25 heavy (non-hydrogen) atoms. The smallest absolute Gasteiger partial charge is 0.254 e. The van der Waals surface area contributed by atoms with Gasteiger partial charge in [-0.25, -0.2) is 12.8 Å². The predicted molar refractivity (Wildman–Crippen MR) is 90.4 cm³/mol. The van der Waals surface area contributed by atoms with Crippen molar-refractivity contribution in [1.29, 1.82) is 0 Å². The van der Waals surface area contributed by atoms with Gasteiger partial charge in [0.05, 0.1) is 17.4 Å². The van der Waals surface area contributed by atoms with E-state index in [1.165, 1.54) is 6.07 Å². The lowest BCUT2D eigenvalue weighted by Gasteiger charge is -2.36. The summed E-state index contributed by atoms with van der Waals surface area (Å²) in [4.78, 5) is 28.1. The summed E-state index contributed by atoms with van der Waals surface area (Å²) in [5.41, 5.74) is 0.781. The van der Waals surface area contributed by atoms with Crippen LogP contribution in [0, 0.1) is 18.7 Å². The normalized spacial score (nSPS) is 22.9. The third-order valence-corrected chi connectivity index (χ3v) is 6.65. The molecule has 2 heterocycles. The van der Waals surface area contributed by atoms with Gasteiger partial charge in [0.25, 0.3) is 5.91 Å². The van der Waals surface area contributed by atoms with E-state index in [0.717, 1.165) is 0 Å². The molecule has 0 aliphatic carbocycles. The standard InChI is InChI=1S/C17H21FN2O4S/c1-12-2-3-13(10-15(12)18)16(21)19-5-7-20(8-6-19)17(22)14-4-9-25(23,24)11-14/h2-3,10,14H,4-9,11H2,1H3. The van der Waals surface area contributed by atoms with Gasteiger partial charge in [-0.05, 0) is 31.0 Å². The van der Waals surface area contributed by atoms with Crippen molar-refractivity contribution in [3.8, 4) is 0 Å². The Bertz CT molecular complexity index is 801. The zero-order chi connectivity index (χ0) is 18.2. The molecule has 1 atom stereocenters. The van der Waals surface area contributed by atoms with E-state index >= 15 is 0 Å². The predicted octanol–water partition coefficient (Wildman–Crippen LogP) is 0.853. The summed E-state index contributed by atoms with van der Waals surface area (Å²) in [6.07, 6.45) is 0.378. The van der Waals surface area contributed by atoms with Crippen LogP contribution in [0.4, 0.5) is 4.39 Å². The zero-order valence-corrected chi connectivity index (χ0v) is 14.9. The molecule has 1 aromatic rings. The number of nitrogens with zero attached hydrogens (tertiary/aromatic N) is 2. The van der Waals surface area contributed by atoms with Crippen molar-refractivity contribution in [2.45, 2.75) is 13.3 Å². The number of rotatable bonds is 2. The Balaban J connectivity index is 1.59. The van der Waals surface area contributed by atoms with Crippen LogP contribution in [-0.4, -0.2) is 67.7 Å². The van der Waals surface area contributed by atoms with E-state index in [1.807, 2.05) is 0 Å². The fraction of sp³-hybridized carbons (Fsp3) is 0.529. The monoisotopic (exact) mass is 368 g/mol. The van der Waals surface area contributed by atoms with Crippen LogP contribution >= 0.6 is 0 Å². The van der Waals surface area contributed by atoms with Crippen molar-refractivity contribution in [2.24, 2.45) is 5.92 Å². The maximum atomic E-state index is 13.6. The lowest BCUT2D eigenvalue weighted by Crippen LogP contribution is -2.52. The molecule has 2 saturated heterocycles. The lowest BCUT2D eigenvalue weighted by molar-refractivity contribution is -0.136. The second-order valence-corrected chi connectivity index (χ2v) is 8.91. The molecule has 0 spiro atoms. The molecule has 0 aromatic heterocycles. The summed E-state index contributed by atoms with van der Waals surface area (Å²) >= 11 is 0. The molecule has 2 aliphatic heterocycles. The van der Waals surface area contributed by atoms with E-state index in [1.54, 1.807) is 28.9 Å². The highest BCUT2D eigenvalue weighted by molar-refractivity contribution is 7.91. The van der Waals surface area contributed by atoms with Gasteiger partial charge in [-0.2, -0.15) is 0 Å². The molecular formula is C17H21FN2O4S. The number of carbonyl (C=O) groups excluding carboxylic acids is 2. The van der Waals surface area contributed by atoms with Crippen molar-refractivity contribution in [1.82, 2.24) is 9.80 Å². The van der Waals surface area contributed by atoms with Crippen LogP contribution in [0.25, 0.3) is 0 Å². The summed E-state index contributed by atoms with van der Waals surface area (Å²) in [5.74, 6) is -1.28. The topological polar surface area (TPSA) is 74.8 Å². The molecule has 3 rings (SSSR count). The van der Waals surface area contributed by atoms with Crippen LogP contribution in [0.3, 0.4) is 0 Å². The van der Waals surface area contributed by atoms with Gasteiger partial charge < -0.3 is 9.80 Å². The number of halogens is 1. The number of carbonyl (C=O) groups is 2. The SMILES string of the molecule is Cc1ccc(C(=O)N2CCN(C(=O)C3CCS(=O)(=O)C3)CC2)cc1F. The second-order valence-electron chi connectivity index (χ2n) is 6.68. The van der Waals surface area contributed by atoms with Crippen molar-refractivity contribution in [3.63, 3.8) is 0 Å². The highest BCUT2D eigenvalue weighted by atomic mass is 32.2. The van der Waals surface area contributed by atoms with Gasteiger partial charge >= 0.3 is 0 Å². The molecule has 2 fully saturated rings. The van der Waals surface area contributed by atoms with Crippen LogP contribution in [0.5, 0.6) is 0 Å². The number of sulfone groups is 1. The van der Waals surface area contributed by atoms with Gasteiger partial charge in [-0.1, -0.05) is 6.07 Å². The maximum Gasteiger partial charge on any atom is 0.254 e. The average Bonchev–Trinajstić information content (AvgIpc) is 2.96. The molecule has 136 valence electrons. The molecule has 1 unspecified atom stereocenters. The van der Waals surface area contributed by atoms with Crippen molar-refractivity contribution in [2.75, 3.05) is 37.7 Å². The van der Waals surface area contributed by atoms with Gasteiger partial charge in [0.2, 0.25) is 5.91 Å². The first-order valence-corrected chi connectivity index (χ1v) is 10.1. The Kier molecular flexibility index (Phi) is 4.81. The van der Waals surface area contributed by atoms with Gasteiger partial charge in [-0.15, -0.1) is 0 Å². The number of hydrogen-bond donors (Lipinski definition) is 0. The number of piperazine rings is 1. The first-order valence-electron chi connectivity index (χ1n) is 8.31. The van der Waals surface area contributed by atoms with Crippen LogP contribution < -0.4 is 0 Å². The van der Waals surface area contributed by atoms with Crippen LogP contribution in [0.1, 0.15) is 22.3 Å². The van der Waals surface area contributed by atoms with Gasteiger partial charge in [0, 0.05) is 31.7 Å². The third-order valence-electron chi connectivity index (χ3n) is 4.88. The summed E-state index contributed by atoms with van der Waals surface area (Å²) in [6.45, 7) is 3.10. The number of amides is 2. The molecule has 0 N–H and O–H groups in total. The summed E-state index contributed by atoms with van der Waals surface area (Å²) in [6, 6.07) is 4.41. The van der Waals surface area contributed by atoms with Crippen LogP contribution in [0.15, 0.2) is 18.2 Å². The Labute approximate surface area is 146 Å². The summed E-state index contributed by atoms with van der Waals surface area (Å²) in [5, 5.41) is 0. The van der Waals surface area contributed by atoms with Gasteiger partial charge in [0.1, 0.15) is 5.82 Å². The minimum Gasteiger partial charge on any atom is -0.339 e. The highest BCUT2D eigenvalue weighted by Crippen LogP contribution is 2.22. The molecule has 0 saturated carbocycles. The quantitative estimate of drug-likeness (QED) is 0.776. The maximum absolute atomic E-state index is 13.6. The molecule has 0 radical (unpaired) electrons. The third kappa shape index (κ3) is 3.84. The Morgan fingerprint density at radius 1 is 1.12 bits per heavy atom. The molecule has 1 aromatic carbocycles. The minimum atomic E-state index is -3.09. The average molecular weight is 368 g/mol. The fourth-order valence-electron chi connectivity index (χ4n) is 3.29. The Morgan fingerprint density at radius 2 is 1.76 bits per heavy atom. The van der Waals surface area contributed by atoms with E-state index in [4.69, 9.17) is 0 Å². The number of hydrogen-bond acceptors (Lipinski definition) is 4.